The Morgan fingerprint density at radius 1 is 1.08 bits per heavy atom. The molecular weight excluding hydrogens is 488 g/mol. The molecule has 2 aromatic rings. The lowest BCUT2D eigenvalue weighted by atomic mass is 9.94. The van der Waals surface area contributed by atoms with Crippen molar-refractivity contribution in [2.24, 2.45) is 5.92 Å². The van der Waals surface area contributed by atoms with Gasteiger partial charge in [-0.2, -0.15) is 0 Å². The van der Waals surface area contributed by atoms with Crippen molar-refractivity contribution in [2.45, 2.75) is 45.4 Å². The number of ether oxygens (including phenoxy) is 2. The van der Waals surface area contributed by atoms with Crippen molar-refractivity contribution < 1.29 is 28.7 Å². The Kier molecular flexibility index (Phi) is 9.95. The molecule has 1 aromatic carbocycles. The van der Waals surface area contributed by atoms with Crippen LogP contribution in [0.2, 0.25) is 0 Å². The minimum absolute atomic E-state index is 0.0926. The van der Waals surface area contributed by atoms with E-state index in [1.807, 2.05) is 36.4 Å². The molecule has 204 valence electrons. The number of likely N-dealkylation sites (tertiary alicyclic amines) is 1. The van der Waals surface area contributed by atoms with Gasteiger partial charge in [0.1, 0.15) is 12.2 Å². The molecular formula is C28H36N4O6. The smallest absolute Gasteiger partial charge is 0.320 e. The molecule has 0 radical (unpaired) electrons. The molecule has 1 aliphatic heterocycles. The molecule has 0 aliphatic carbocycles. The summed E-state index contributed by atoms with van der Waals surface area (Å²) in [5, 5.41) is 2.86. The molecule has 10 nitrogen and oxygen atoms in total. The van der Waals surface area contributed by atoms with E-state index in [1.54, 1.807) is 56.1 Å². The second kappa shape index (κ2) is 13.1. The van der Waals surface area contributed by atoms with Gasteiger partial charge in [-0.25, -0.2) is 0 Å². The van der Waals surface area contributed by atoms with Gasteiger partial charge in [-0.15, -0.1) is 0 Å². The summed E-state index contributed by atoms with van der Waals surface area (Å²) in [7, 11) is 1.68. The summed E-state index contributed by atoms with van der Waals surface area (Å²) in [5.41, 5.74) is 0.965. The zero-order valence-electron chi connectivity index (χ0n) is 22.4. The summed E-state index contributed by atoms with van der Waals surface area (Å²) in [6.07, 6.45) is 3.39. The number of carbonyl (C=O) groups excluding carboxylic acids is 4. The van der Waals surface area contributed by atoms with E-state index in [0.29, 0.717) is 0 Å². The number of nitrogens with one attached hydrogen (secondary N) is 1. The number of hydrogen-bond donors (Lipinski definition) is 1. The lowest BCUT2D eigenvalue weighted by Gasteiger charge is -2.26. The SMILES string of the molecule is CN1C(=O)C[C@H](C(=O)NCCN(CC(=O)OCc2ccccc2)CC(=O)OC(C)(C)C)[C@H]1c1cccnc1. The number of carbonyl (C=O) groups is 4. The van der Waals surface area contributed by atoms with E-state index in [-0.39, 0.29) is 51.0 Å². The van der Waals surface area contributed by atoms with Gasteiger partial charge in [0.15, 0.2) is 0 Å². The van der Waals surface area contributed by atoms with Crippen LogP contribution in [0.3, 0.4) is 0 Å². The van der Waals surface area contributed by atoms with Gasteiger partial charge in [-0.1, -0.05) is 36.4 Å². The van der Waals surface area contributed by atoms with Crippen molar-refractivity contribution in [1.29, 1.82) is 0 Å². The molecule has 1 fully saturated rings. The van der Waals surface area contributed by atoms with Crippen LogP contribution in [-0.4, -0.2) is 77.4 Å². The molecule has 0 saturated carbocycles. The topological polar surface area (TPSA) is 118 Å². The van der Waals surface area contributed by atoms with Crippen LogP contribution >= 0.6 is 0 Å². The summed E-state index contributed by atoms with van der Waals surface area (Å²) < 4.78 is 10.8. The minimum atomic E-state index is -0.673. The Morgan fingerprint density at radius 2 is 1.79 bits per heavy atom. The summed E-state index contributed by atoms with van der Waals surface area (Å²) in [6.45, 7) is 5.50. The average Bonchev–Trinajstić information content (AvgIpc) is 3.16. The summed E-state index contributed by atoms with van der Waals surface area (Å²) in [5.74, 6) is -1.96. The molecule has 1 aliphatic rings. The van der Waals surface area contributed by atoms with Crippen LogP contribution in [-0.2, 0) is 35.3 Å². The predicted octanol–water partition coefficient (Wildman–Crippen LogP) is 2.10. The minimum Gasteiger partial charge on any atom is -0.460 e. The highest BCUT2D eigenvalue weighted by Crippen LogP contribution is 2.36. The zero-order chi connectivity index (χ0) is 27.7. The molecule has 38 heavy (non-hydrogen) atoms. The first-order valence-electron chi connectivity index (χ1n) is 12.6. The quantitative estimate of drug-likeness (QED) is 0.444. The Balaban J connectivity index is 1.59. The maximum Gasteiger partial charge on any atom is 0.320 e. The van der Waals surface area contributed by atoms with Crippen LogP contribution in [0.15, 0.2) is 54.9 Å². The molecule has 1 N–H and O–H groups in total. The molecule has 0 spiro atoms. The molecule has 10 heteroatoms. The molecule has 1 aromatic heterocycles. The van der Waals surface area contributed by atoms with E-state index in [9.17, 15) is 19.2 Å². The maximum atomic E-state index is 13.1. The fourth-order valence-corrected chi connectivity index (χ4v) is 4.32. The molecule has 0 bridgehead atoms. The van der Waals surface area contributed by atoms with E-state index in [4.69, 9.17) is 9.47 Å². The van der Waals surface area contributed by atoms with Crippen molar-refractivity contribution in [2.75, 3.05) is 33.2 Å². The number of esters is 2. The number of amides is 2. The van der Waals surface area contributed by atoms with Gasteiger partial charge in [0.25, 0.3) is 0 Å². The highest BCUT2D eigenvalue weighted by Gasteiger charge is 2.42. The third kappa shape index (κ3) is 8.65. The largest absolute Gasteiger partial charge is 0.460 e. The Hall–Kier alpha value is -3.79. The van der Waals surface area contributed by atoms with Crippen LogP contribution in [0.1, 0.15) is 44.4 Å². The maximum absolute atomic E-state index is 13.1. The van der Waals surface area contributed by atoms with Gasteiger partial charge in [-0.3, -0.25) is 29.1 Å². The van der Waals surface area contributed by atoms with Gasteiger partial charge in [0.05, 0.1) is 25.0 Å². The molecule has 0 unspecified atom stereocenters. The fraction of sp³-hybridized carbons (Fsp3) is 0.464. The lowest BCUT2D eigenvalue weighted by Crippen LogP contribution is -2.43. The van der Waals surface area contributed by atoms with E-state index in [2.05, 4.69) is 10.3 Å². The van der Waals surface area contributed by atoms with Crippen LogP contribution < -0.4 is 5.32 Å². The van der Waals surface area contributed by atoms with Gasteiger partial charge in [0.2, 0.25) is 11.8 Å². The monoisotopic (exact) mass is 524 g/mol. The number of benzene rings is 1. The van der Waals surface area contributed by atoms with Crippen molar-refractivity contribution in [3.63, 3.8) is 0 Å². The van der Waals surface area contributed by atoms with Crippen LogP contribution in [0.4, 0.5) is 0 Å². The van der Waals surface area contributed by atoms with Gasteiger partial charge >= 0.3 is 11.9 Å². The number of hydrogen-bond acceptors (Lipinski definition) is 8. The number of rotatable bonds is 11. The van der Waals surface area contributed by atoms with Crippen molar-refractivity contribution >= 4 is 23.8 Å². The standard InChI is InChI=1S/C28H36N4O6/c1-28(2,3)38-25(35)18-32(17-24(34)37-19-20-9-6-5-7-10-20)14-13-30-27(36)22-15-23(33)31(4)26(22)21-11-8-12-29-16-21/h5-12,16,22,26H,13-15,17-19H2,1-4H3,(H,30,36)/t22-,26+/m0/s1. The van der Waals surface area contributed by atoms with Gasteiger partial charge < -0.3 is 19.7 Å². The molecule has 1 saturated heterocycles. The van der Waals surface area contributed by atoms with E-state index >= 15 is 0 Å². The van der Waals surface area contributed by atoms with Crippen LogP contribution in [0.25, 0.3) is 0 Å². The third-order valence-corrected chi connectivity index (χ3v) is 6.04. The van der Waals surface area contributed by atoms with E-state index < -0.39 is 29.5 Å². The molecule has 2 amide bonds. The Labute approximate surface area is 223 Å². The summed E-state index contributed by atoms with van der Waals surface area (Å²) in [4.78, 5) is 57.7. The first kappa shape index (κ1) is 28.8. The van der Waals surface area contributed by atoms with Crippen molar-refractivity contribution in [3.8, 4) is 0 Å². The Bertz CT molecular complexity index is 1100. The second-order valence-corrected chi connectivity index (χ2v) is 10.3. The number of nitrogens with zero attached hydrogens (tertiary/aromatic N) is 3. The first-order chi connectivity index (χ1) is 18.0. The summed E-state index contributed by atoms with van der Waals surface area (Å²) >= 11 is 0. The zero-order valence-corrected chi connectivity index (χ0v) is 22.4. The van der Waals surface area contributed by atoms with Crippen molar-refractivity contribution in [1.82, 2.24) is 20.1 Å². The van der Waals surface area contributed by atoms with Gasteiger partial charge in [0, 0.05) is 39.0 Å². The predicted molar refractivity (Wildman–Crippen MR) is 139 cm³/mol. The normalized spacial score (nSPS) is 17.4. The first-order valence-corrected chi connectivity index (χ1v) is 12.6. The summed E-state index contributed by atoms with van der Waals surface area (Å²) in [6, 6.07) is 12.5. The Morgan fingerprint density at radius 3 is 2.45 bits per heavy atom. The van der Waals surface area contributed by atoms with Crippen LogP contribution in [0.5, 0.6) is 0 Å². The second-order valence-electron chi connectivity index (χ2n) is 10.3. The number of aromatic nitrogens is 1. The van der Waals surface area contributed by atoms with E-state index in [0.717, 1.165) is 11.1 Å². The number of pyridine rings is 1. The fourth-order valence-electron chi connectivity index (χ4n) is 4.32. The van der Waals surface area contributed by atoms with Crippen molar-refractivity contribution in [3.05, 3.63) is 66.0 Å². The molecule has 2 heterocycles. The highest BCUT2D eigenvalue weighted by molar-refractivity contribution is 5.90. The third-order valence-electron chi connectivity index (χ3n) is 6.04. The van der Waals surface area contributed by atoms with Crippen LogP contribution in [0, 0.1) is 5.92 Å². The average molecular weight is 525 g/mol. The molecule has 3 rings (SSSR count). The van der Waals surface area contributed by atoms with Gasteiger partial charge in [-0.05, 0) is 38.0 Å². The molecule has 2 atom stereocenters. The highest BCUT2D eigenvalue weighted by atomic mass is 16.6. The lowest BCUT2D eigenvalue weighted by molar-refractivity contribution is -0.157. The van der Waals surface area contributed by atoms with E-state index in [1.165, 1.54) is 0 Å².